The zero-order valence-electron chi connectivity index (χ0n) is 15.7. The smallest absolute Gasteiger partial charge is 0.317 e. The monoisotopic (exact) mass is 474 g/mol. The molecule has 0 aliphatic rings. The Morgan fingerprint density at radius 3 is 2.90 bits per heavy atom. The van der Waals surface area contributed by atoms with E-state index in [9.17, 15) is 9.90 Å². The third-order valence-electron chi connectivity index (χ3n) is 4.08. The van der Waals surface area contributed by atoms with Crippen molar-refractivity contribution in [1.82, 2.24) is 35.2 Å². The van der Waals surface area contributed by atoms with Gasteiger partial charge >= 0.3 is 5.91 Å². The maximum atomic E-state index is 12.7. The molecule has 0 aliphatic heterocycles. The van der Waals surface area contributed by atoms with Gasteiger partial charge in [-0.15, -0.1) is 15.3 Å². The highest BCUT2D eigenvalue weighted by Gasteiger charge is 2.24. The van der Waals surface area contributed by atoms with E-state index in [1.807, 2.05) is 0 Å². The van der Waals surface area contributed by atoms with E-state index in [-0.39, 0.29) is 35.4 Å². The summed E-state index contributed by atoms with van der Waals surface area (Å²) in [4.78, 5) is 17.3. The second-order valence-electron chi connectivity index (χ2n) is 6.52. The summed E-state index contributed by atoms with van der Waals surface area (Å²) in [6.07, 6.45) is 0. The molecule has 30 heavy (non-hydrogen) atoms. The highest BCUT2D eigenvalue weighted by Crippen LogP contribution is 2.37. The number of rotatable bonds is 5. The molecule has 0 spiro atoms. The maximum absolute atomic E-state index is 12.7. The second-order valence-corrected chi connectivity index (χ2v) is 7.44. The number of nitrogens with two attached hydrogens (primary N) is 1. The molecule has 154 valence electrons. The van der Waals surface area contributed by atoms with E-state index in [2.05, 4.69) is 56.4 Å². The predicted octanol–water partition coefficient (Wildman–Crippen LogP) is 2.17. The van der Waals surface area contributed by atoms with Crippen LogP contribution in [0.25, 0.3) is 16.7 Å². The lowest BCUT2D eigenvalue weighted by molar-refractivity contribution is 0.0988. The SMILES string of the molecule is CN(C)Cc1c(C(=O)N=Nc2c(O)[nH]c3ccc(Br)cc23)nnn1-c1nonc1N. The molecule has 14 heteroatoms. The topological polar surface area (TPSA) is 177 Å². The summed E-state index contributed by atoms with van der Waals surface area (Å²) in [5.41, 5.74) is 6.83. The van der Waals surface area contributed by atoms with E-state index in [1.165, 1.54) is 4.68 Å². The van der Waals surface area contributed by atoms with Crippen LogP contribution in [0.4, 0.5) is 11.5 Å². The van der Waals surface area contributed by atoms with E-state index < -0.39 is 5.91 Å². The standard InChI is InChI=1S/C16H15BrN10O3/c1-26(2)6-10-12(21-25-27(10)14-13(18)23-30-24-14)16(29)22-20-11-8-5-7(17)3-4-9(8)19-15(11)28/h3-5,19,28H,6H2,1-2H3,(H2,18,23). The molecule has 0 aliphatic carbocycles. The van der Waals surface area contributed by atoms with Crippen molar-refractivity contribution in [3.05, 3.63) is 34.1 Å². The van der Waals surface area contributed by atoms with Gasteiger partial charge in [0.15, 0.2) is 11.4 Å². The van der Waals surface area contributed by atoms with Gasteiger partial charge in [0.25, 0.3) is 0 Å². The molecule has 0 saturated carbocycles. The average molecular weight is 475 g/mol. The van der Waals surface area contributed by atoms with Crippen LogP contribution >= 0.6 is 15.9 Å². The minimum Gasteiger partial charge on any atom is -0.493 e. The van der Waals surface area contributed by atoms with Gasteiger partial charge in [-0.2, -0.15) is 4.68 Å². The van der Waals surface area contributed by atoms with Gasteiger partial charge in [-0.1, -0.05) is 21.1 Å². The van der Waals surface area contributed by atoms with Crippen molar-refractivity contribution in [2.45, 2.75) is 6.54 Å². The minimum atomic E-state index is -0.753. The van der Waals surface area contributed by atoms with Gasteiger partial charge in [0.1, 0.15) is 0 Å². The summed E-state index contributed by atoms with van der Waals surface area (Å²) in [5.74, 6) is -0.862. The summed E-state index contributed by atoms with van der Waals surface area (Å²) in [6, 6.07) is 5.32. The van der Waals surface area contributed by atoms with Crippen LogP contribution in [0.5, 0.6) is 5.88 Å². The van der Waals surface area contributed by atoms with Crippen molar-refractivity contribution in [2.75, 3.05) is 19.8 Å². The summed E-state index contributed by atoms with van der Waals surface area (Å²) in [6.45, 7) is 0.279. The molecule has 0 radical (unpaired) electrons. The molecular formula is C16H15BrN10O3. The number of aromatic hydroxyl groups is 1. The Morgan fingerprint density at radius 1 is 1.40 bits per heavy atom. The molecule has 4 rings (SSSR count). The van der Waals surface area contributed by atoms with Crippen molar-refractivity contribution >= 4 is 44.2 Å². The normalized spacial score (nSPS) is 11.9. The number of nitrogens with zero attached hydrogens (tertiary/aromatic N) is 8. The molecule has 0 bridgehead atoms. The summed E-state index contributed by atoms with van der Waals surface area (Å²) in [7, 11) is 3.61. The number of aromatic nitrogens is 6. The van der Waals surface area contributed by atoms with Gasteiger partial charge in [-0.25, -0.2) is 4.63 Å². The molecule has 3 aromatic heterocycles. The summed E-state index contributed by atoms with van der Waals surface area (Å²) >= 11 is 3.36. The molecule has 0 fully saturated rings. The fraction of sp³-hybridized carbons (Fsp3) is 0.188. The number of amides is 1. The van der Waals surface area contributed by atoms with Crippen molar-refractivity contribution in [3.63, 3.8) is 0 Å². The van der Waals surface area contributed by atoms with Crippen LogP contribution in [0.1, 0.15) is 16.2 Å². The molecule has 0 unspecified atom stereocenters. The first kappa shape index (κ1) is 19.7. The van der Waals surface area contributed by atoms with Crippen LogP contribution in [-0.2, 0) is 6.54 Å². The summed E-state index contributed by atoms with van der Waals surface area (Å²) in [5, 5.41) is 33.4. The number of aromatic amines is 1. The third kappa shape index (κ3) is 3.53. The Morgan fingerprint density at radius 2 is 2.20 bits per heavy atom. The van der Waals surface area contributed by atoms with Crippen molar-refractivity contribution in [2.24, 2.45) is 10.2 Å². The first-order chi connectivity index (χ1) is 14.3. The van der Waals surface area contributed by atoms with Crippen LogP contribution in [-0.4, -0.2) is 60.3 Å². The van der Waals surface area contributed by atoms with Crippen LogP contribution in [0.15, 0.2) is 37.5 Å². The highest BCUT2D eigenvalue weighted by atomic mass is 79.9. The lowest BCUT2D eigenvalue weighted by Gasteiger charge is -2.10. The molecule has 1 amide bonds. The van der Waals surface area contributed by atoms with Gasteiger partial charge in [-0.3, -0.25) is 4.79 Å². The lowest BCUT2D eigenvalue weighted by atomic mass is 10.2. The van der Waals surface area contributed by atoms with Crippen molar-refractivity contribution in [1.29, 1.82) is 0 Å². The molecule has 3 heterocycles. The van der Waals surface area contributed by atoms with Gasteiger partial charge in [0.05, 0.1) is 11.2 Å². The van der Waals surface area contributed by atoms with Crippen molar-refractivity contribution in [3.8, 4) is 11.7 Å². The number of carbonyl (C=O) groups excluding carboxylic acids is 1. The number of anilines is 1. The summed E-state index contributed by atoms with van der Waals surface area (Å²) < 4.78 is 6.64. The number of nitrogen functional groups attached to an aromatic ring is 1. The number of carbonyl (C=O) groups is 1. The molecule has 0 saturated heterocycles. The van der Waals surface area contributed by atoms with Crippen LogP contribution in [0.3, 0.4) is 0 Å². The Balaban J connectivity index is 1.72. The fourth-order valence-electron chi connectivity index (χ4n) is 2.80. The second kappa shape index (κ2) is 7.64. The minimum absolute atomic E-state index is 0.00479. The van der Waals surface area contributed by atoms with E-state index in [1.54, 1.807) is 37.2 Å². The Hall–Kier alpha value is -3.65. The fourth-order valence-corrected chi connectivity index (χ4v) is 3.16. The quantitative estimate of drug-likeness (QED) is 0.365. The molecule has 13 nitrogen and oxygen atoms in total. The van der Waals surface area contributed by atoms with E-state index in [0.717, 1.165) is 4.47 Å². The number of azo groups is 1. The van der Waals surface area contributed by atoms with Gasteiger partial charge in [0, 0.05) is 16.4 Å². The Bertz CT molecular complexity index is 1270. The van der Waals surface area contributed by atoms with E-state index >= 15 is 0 Å². The zero-order chi connectivity index (χ0) is 21.4. The number of nitrogens with one attached hydrogen (secondary N) is 1. The van der Waals surface area contributed by atoms with Gasteiger partial charge in [-0.05, 0) is 42.6 Å². The number of benzene rings is 1. The van der Waals surface area contributed by atoms with E-state index in [4.69, 9.17) is 5.73 Å². The van der Waals surface area contributed by atoms with Crippen LogP contribution in [0, 0.1) is 0 Å². The molecule has 4 aromatic rings. The van der Waals surface area contributed by atoms with Crippen molar-refractivity contribution < 1.29 is 14.5 Å². The van der Waals surface area contributed by atoms with Crippen LogP contribution in [0.2, 0.25) is 0 Å². The Labute approximate surface area is 176 Å². The third-order valence-corrected chi connectivity index (χ3v) is 4.58. The number of halogens is 1. The molecule has 4 N–H and O–H groups in total. The largest absolute Gasteiger partial charge is 0.493 e. The average Bonchev–Trinajstić information content (AvgIpc) is 3.36. The molecular weight excluding hydrogens is 460 g/mol. The van der Waals surface area contributed by atoms with E-state index in [0.29, 0.717) is 16.6 Å². The first-order valence-corrected chi connectivity index (χ1v) is 9.28. The number of fused-ring (bicyclic) bond motifs is 1. The number of H-pyrrole nitrogens is 1. The maximum Gasteiger partial charge on any atom is 0.317 e. The predicted molar refractivity (Wildman–Crippen MR) is 108 cm³/mol. The number of hydrogen-bond acceptors (Lipinski definition) is 10. The van der Waals surface area contributed by atoms with Gasteiger partial charge in [0.2, 0.25) is 17.5 Å². The van der Waals surface area contributed by atoms with Crippen LogP contribution < -0.4 is 5.73 Å². The lowest BCUT2D eigenvalue weighted by Crippen LogP contribution is -2.17. The molecule has 1 aromatic carbocycles. The van der Waals surface area contributed by atoms with Gasteiger partial charge < -0.3 is 20.7 Å². The molecule has 0 atom stereocenters. The zero-order valence-corrected chi connectivity index (χ0v) is 17.3. The Kier molecular flexibility index (Phi) is 5.01. The number of hydrogen-bond donors (Lipinski definition) is 3. The highest BCUT2D eigenvalue weighted by molar-refractivity contribution is 9.10. The first-order valence-electron chi connectivity index (χ1n) is 8.49.